The number of ether oxygens (including phenoxy) is 1. The van der Waals surface area contributed by atoms with Gasteiger partial charge in [0.25, 0.3) is 5.91 Å². The van der Waals surface area contributed by atoms with Crippen LogP contribution in [0.25, 0.3) is 0 Å². The molecule has 3 saturated carbocycles. The number of nitrogens with zero attached hydrogens (tertiary/aromatic N) is 1. The standard InChI is InChI=1S/C20H33N3O3.C7H4ClNO/c21-17(19(25)23-14-4-2-1-3-5-14)6-7-18(22)26-16-8-10-20(11-9-16)12-15(24)13-20;8-7-3-6(10)2-1-5(7)4-9/h6-7,14-16,24H,1-5,8-13,21-22H2,(H,23,25);1-3,10H/b17-6-,18-7+;. The highest BCUT2D eigenvalue weighted by atomic mass is 35.5. The average Bonchev–Trinajstić information content (AvgIpc) is 2.84. The zero-order chi connectivity index (χ0) is 26.1. The fraction of sp³-hybridized carbons (Fsp3) is 0.556. The first-order valence-corrected chi connectivity index (χ1v) is 13.0. The summed E-state index contributed by atoms with van der Waals surface area (Å²) in [6.45, 7) is 0. The summed E-state index contributed by atoms with van der Waals surface area (Å²) in [6, 6.07) is 6.34. The Morgan fingerprint density at radius 1 is 1.14 bits per heavy atom. The summed E-state index contributed by atoms with van der Waals surface area (Å²) in [5.41, 5.74) is 12.7. The number of carbonyl (C=O) groups excluding carboxylic acids is 1. The van der Waals surface area contributed by atoms with Gasteiger partial charge < -0.3 is 31.7 Å². The summed E-state index contributed by atoms with van der Waals surface area (Å²) in [4.78, 5) is 12.1. The van der Waals surface area contributed by atoms with Crippen LogP contribution in [-0.2, 0) is 9.53 Å². The lowest BCUT2D eigenvalue weighted by molar-refractivity contribution is -0.118. The van der Waals surface area contributed by atoms with Gasteiger partial charge in [-0.15, -0.1) is 0 Å². The molecule has 0 unspecified atom stereocenters. The zero-order valence-corrected chi connectivity index (χ0v) is 21.3. The number of hydrogen-bond acceptors (Lipinski definition) is 7. The summed E-state index contributed by atoms with van der Waals surface area (Å²) < 4.78 is 5.80. The van der Waals surface area contributed by atoms with Gasteiger partial charge in [-0.3, -0.25) is 4.79 Å². The lowest BCUT2D eigenvalue weighted by atomic mass is 9.59. The number of aliphatic hydroxyl groups is 1. The molecule has 196 valence electrons. The predicted octanol–water partition coefficient (Wildman–Crippen LogP) is 4.10. The van der Waals surface area contributed by atoms with Crippen molar-refractivity contribution in [2.45, 2.75) is 88.9 Å². The number of nitriles is 1. The molecule has 8 nitrogen and oxygen atoms in total. The zero-order valence-electron chi connectivity index (χ0n) is 20.6. The number of halogens is 1. The van der Waals surface area contributed by atoms with Gasteiger partial charge in [0.05, 0.1) is 22.4 Å². The minimum absolute atomic E-state index is 0.0731. The molecule has 0 saturated heterocycles. The monoisotopic (exact) mass is 516 g/mol. The van der Waals surface area contributed by atoms with Gasteiger partial charge in [0.15, 0.2) is 5.88 Å². The molecule has 1 aromatic rings. The second-order valence-corrected chi connectivity index (χ2v) is 10.6. The number of phenolic OH excluding ortho intramolecular Hbond substituents is 1. The maximum atomic E-state index is 12.1. The number of carbonyl (C=O) groups is 1. The third-order valence-electron chi connectivity index (χ3n) is 7.34. The van der Waals surface area contributed by atoms with Gasteiger partial charge in [0.1, 0.15) is 17.9 Å². The van der Waals surface area contributed by atoms with Gasteiger partial charge >= 0.3 is 0 Å². The van der Waals surface area contributed by atoms with Crippen molar-refractivity contribution in [3.05, 3.63) is 52.5 Å². The number of hydrogen-bond donors (Lipinski definition) is 5. The molecule has 9 heteroatoms. The molecule has 0 radical (unpaired) electrons. The third-order valence-corrected chi connectivity index (χ3v) is 7.65. The van der Waals surface area contributed by atoms with Gasteiger partial charge in [-0.2, -0.15) is 5.26 Å². The lowest BCUT2D eigenvalue weighted by Crippen LogP contribution is -2.44. The molecule has 3 aliphatic rings. The second-order valence-electron chi connectivity index (χ2n) is 10.2. The first-order chi connectivity index (χ1) is 17.2. The predicted molar refractivity (Wildman–Crippen MR) is 138 cm³/mol. The van der Waals surface area contributed by atoms with Gasteiger partial charge in [0, 0.05) is 6.04 Å². The van der Waals surface area contributed by atoms with E-state index >= 15 is 0 Å². The van der Waals surface area contributed by atoms with E-state index in [0.29, 0.717) is 16.9 Å². The Bertz CT molecular complexity index is 998. The Hall–Kier alpha value is -2.89. The molecule has 0 aromatic heterocycles. The second kappa shape index (κ2) is 12.9. The van der Waals surface area contributed by atoms with E-state index in [0.717, 1.165) is 64.2 Å². The number of nitrogens with one attached hydrogen (secondary N) is 1. The van der Waals surface area contributed by atoms with E-state index in [1.54, 1.807) is 6.08 Å². The number of allylic oxidation sites excluding steroid dienone is 2. The van der Waals surface area contributed by atoms with Crippen LogP contribution in [0.15, 0.2) is 41.9 Å². The smallest absolute Gasteiger partial charge is 0.267 e. The average molecular weight is 517 g/mol. The number of amides is 1. The fourth-order valence-corrected chi connectivity index (χ4v) is 5.48. The largest absolute Gasteiger partial charge is 0.508 e. The molecule has 0 atom stereocenters. The van der Waals surface area contributed by atoms with Crippen LogP contribution in [0.3, 0.4) is 0 Å². The van der Waals surface area contributed by atoms with Gasteiger partial charge in [-0.1, -0.05) is 30.9 Å². The summed E-state index contributed by atoms with van der Waals surface area (Å²) in [7, 11) is 0. The molecule has 0 aliphatic heterocycles. The lowest BCUT2D eigenvalue weighted by Gasteiger charge is -2.49. The van der Waals surface area contributed by atoms with Crippen molar-refractivity contribution in [3.8, 4) is 11.8 Å². The number of phenols is 1. The van der Waals surface area contributed by atoms with E-state index < -0.39 is 0 Å². The van der Waals surface area contributed by atoms with E-state index in [9.17, 15) is 9.90 Å². The topological polar surface area (TPSA) is 155 Å². The first-order valence-electron chi connectivity index (χ1n) is 12.7. The first kappa shape index (κ1) is 27.7. The normalized spacial score (nSPS) is 26.7. The number of rotatable bonds is 5. The Kier molecular flexibility index (Phi) is 9.91. The van der Waals surface area contributed by atoms with E-state index in [4.69, 9.17) is 38.2 Å². The Morgan fingerprint density at radius 2 is 1.81 bits per heavy atom. The van der Waals surface area contributed by atoms with Crippen LogP contribution in [0.4, 0.5) is 0 Å². The molecule has 7 N–H and O–H groups in total. The fourth-order valence-electron chi connectivity index (χ4n) is 5.26. The van der Waals surface area contributed by atoms with Crippen molar-refractivity contribution in [2.24, 2.45) is 16.9 Å². The maximum Gasteiger partial charge on any atom is 0.267 e. The van der Waals surface area contributed by atoms with Crippen molar-refractivity contribution in [1.82, 2.24) is 5.32 Å². The van der Waals surface area contributed by atoms with Crippen LogP contribution in [-0.4, -0.2) is 34.4 Å². The van der Waals surface area contributed by atoms with Gasteiger partial charge in [-0.25, -0.2) is 0 Å². The Labute approximate surface area is 217 Å². The SMILES string of the molecule is N#Cc1ccc(O)cc1Cl.N/C(=C\C=C(/N)OC1CCC2(CC1)CC(O)C2)C(=O)NC1CCCCC1. The summed E-state index contributed by atoms with van der Waals surface area (Å²) in [6.07, 6.45) is 14.7. The van der Waals surface area contributed by atoms with E-state index in [-0.39, 0.29) is 40.6 Å². The van der Waals surface area contributed by atoms with Crippen LogP contribution >= 0.6 is 11.6 Å². The van der Waals surface area contributed by atoms with E-state index in [2.05, 4.69) is 5.32 Å². The number of aliphatic hydroxyl groups excluding tert-OH is 1. The molecule has 3 fully saturated rings. The Morgan fingerprint density at radius 3 is 2.39 bits per heavy atom. The van der Waals surface area contributed by atoms with E-state index in [1.165, 1.54) is 30.7 Å². The van der Waals surface area contributed by atoms with Crippen molar-refractivity contribution in [3.63, 3.8) is 0 Å². The minimum atomic E-state index is -0.232. The number of benzene rings is 1. The molecule has 36 heavy (non-hydrogen) atoms. The van der Waals surface area contributed by atoms with Crippen LogP contribution in [0.2, 0.25) is 5.02 Å². The molecule has 1 spiro atoms. The highest BCUT2D eigenvalue weighted by Crippen LogP contribution is 2.52. The van der Waals surface area contributed by atoms with Crippen molar-refractivity contribution in [2.75, 3.05) is 0 Å². The Balaban J connectivity index is 0.000000303. The number of nitrogens with two attached hydrogens (primary N) is 2. The highest BCUT2D eigenvalue weighted by molar-refractivity contribution is 6.31. The molecule has 1 amide bonds. The van der Waals surface area contributed by atoms with Crippen LogP contribution in [0, 0.1) is 16.7 Å². The van der Waals surface area contributed by atoms with Crippen LogP contribution in [0.5, 0.6) is 5.75 Å². The number of aromatic hydroxyl groups is 1. The quantitative estimate of drug-likeness (QED) is 0.224. The third kappa shape index (κ3) is 8.07. The summed E-state index contributed by atoms with van der Waals surface area (Å²) >= 11 is 5.55. The molecule has 4 rings (SSSR count). The maximum absolute atomic E-state index is 12.1. The van der Waals surface area contributed by atoms with Crippen molar-refractivity contribution in [1.29, 1.82) is 5.26 Å². The van der Waals surface area contributed by atoms with Crippen molar-refractivity contribution >= 4 is 17.5 Å². The van der Waals surface area contributed by atoms with E-state index in [1.807, 2.05) is 6.07 Å². The van der Waals surface area contributed by atoms with Gasteiger partial charge in [0.2, 0.25) is 0 Å². The highest BCUT2D eigenvalue weighted by Gasteiger charge is 2.45. The van der Waals surface area contributed by atoms with Gasteiger partial charge in [-0.05, 0) is 87.1 Å². The van der Waals surface area contributed by atoms with Crippen LogP contribution in [0.1, 0.15) is 76.2 Å². The summed E-state index contributed by atoms with van der Waals surface area (Å²) in [5.74, 6) is 0.140. The molecule has 1 aromatic carbocycles. The molecular weight excluding hydrogens is 480 g/mol. The molecule has 3 aliphatic carbocycles. The molecule has 0 heterocycles. The molecule has 0 bridgehead atoms. The van der Waals surface area contributed by atoms with Crippen LogP contribution < -0.4 is 16.8 Å². The molecular formula is C27H37ClN4O4. The summed E-state index contributed by atoms with van der Waals surface area (Å²) in [5, 5.41) is 30.0. The van der Waals surface area contributed by atoms with Crippen molar-refractivity contribution < 1.29 is 19.7 Å². The minimum Gasteiger partial charge on any atom is -0.508 e.